The Morgan fingerprint density at radius 3 is 2.78 bits per heavy atom. The van der Waals surface area contributed by atoms with Gasteiger partial charge in [-0.2, -0.15) is 5.10 Å². The van der Waals surface area contributed by atoms with Crippen LogP contribution in [0, 0.1) is 4.77 Å². The number of nitrogens with one attached hydrogen (secondary N) is 1. The van der Waals surface area contributed by atoms with Crippen LogP contribution in [0.3, 0.4) is 0 Å². The van der Waals surface area contributed by atoms with Gasteiger partial charge in [0.15, 0.2) is 4.77 Å². The highest BCUT2D eigenvalue weighted by atomic mass is 32.1. The van der Waals surface area contributed by atoms with Crippen LogP contribution in [0.1, 0.15) is 5.82 Å². The lowest BCUT2D eigenvalue weighted by Gasteiger charge is -2.12. The molecule has 0 fully saturated rings. The van der Waals surface area contributed by atoms with E-state index >= 15 is 0 Å². The zero-order chi connectivity index (χ0) is 13.1. The van der Waals surface area contributed by atoms with E-state index in [4.69, 9.17) is 27.4 Å². The Bertz CT molecular complexity index is 605. The molecule has 0 saturated heterocycles. The smallest absolute Gasteiger partial charge is 0.200 e. The fourth-order valence-corrected chi connectivity index (χ4v) is 1.94. The van der Waals surface area contributed by atoms with Gasteiger partial charge in [0.25, 0.3) is 0 Å². The first-order valence-corrected chi connectivity index (χ1v) is 5.70. The van der Waals surface area contributed by atoms with Gasteiger partial charge in [-0.25, -0.2) is 0 Å². The third-order valence-corrected chi connectivity index (χ3v) is 2.83. The number of nitrogens with zero attached hydrogens (tertiary/aromatic N) is 2. The van der Waals surface area contributed by atoms with Crippen molar-refractivity contribution in [1.29, 1.82) is 0 Å². The quantitative estimate of drug-likeness (QED) is 0.818. The molecule has 0 unspecified atom stereocenters. The van der Waals surface area contributed by atoms with Crippen molar-refractivity contribution in [3.63, 3.8) is 0 Å². The van der Waals surface area contributed by atoms with E-state index in [1.165, 1.54) is 0 Å². The molecule has 1 aromatic heterocycles. The minimum Gasteiger partial charge on any atom is -0.497 e. The van der Waals surface area contributed by atoms with Gasteiger partial charge in [-0.05, 0) is 24.4 Å². The highest BCUT2D eigenvalue weighted by molar-refractivity contribution is 7.71. The predicted octanol–water partition coefficient (Wildman–Crippen LogP) is 1.41. The second-order valence-corrected chi connectivity index (χ2v) is 3.91. The van der Waals surface area contributed by atoms with Gasteiger partial charge in [-0.15, -0.1) is 0 Å². The van der Waals surface area contributed by atoms with Crippen molar-refractivity contribution in [3.05, 3.63) is 28.8 Å². The van der Waals surface area contributed by atoms with Crippen LogP contribution < -0.4 is 15.2 Å². The molecule has 0 amide bonds. The first kappa shape index (κ1) is 12.6. The molecular weight excluding hydrogens is 252 g/mol. The van der Waals surface area contributed by atoms with Crippen LogP contribution in [0.15, 0.2) is 18.2 Å². The first-order chi connectivity index (χ1) is 8.71. The van der Waals surface area contributed by atoms with Crippen LogP contribution in [0.4, 0.5) is 0 Å². The SMILES string of the molecule is COc1ccc(OC)c(-n2c(CN)n[nH]c2=S)c1. The van der Waals surface area contributed by atoms with Gasteiger partial charge in [0.2, 0.25) is 0 Å². The maximum Gasteiger partial charge on any atom is 0.200 e. The third-order valence-electron chi connectivity index (χ3n) is 2.55. The van der Waals surface area contributed by atoms with E-state index in [-0.39, 0.29) is 6.54 Å². The van der Waals surface area contributed by atoms with E-state index < -0.39 is 0 Å². The van der Waals surface area contributed by atoms with E-state index in [0.717, 1.165) is 5.69 Å². The van der Waals surface area contributed by atoms with Gasteiger partial charge in [0, 0.05) is 6.07 Å². The summed E-state index contributed by atoms with van der Waals surface area (Å²) in [5, 5.41) is 6.78. The van der Waals surface area contributed by atoms with Gasteiger partial charge in [0.1, 0.15) is 17.3 Å². The monoisotopic (exact) mass is 266 g/mol. The average molecular weight is 266 g/mol. The van der Waals surface area contributed by atoms with Crippen molar-refractivity contribution < 1.29 is 9.47 Å². The summed E-state index contributed by atoms with van der Waals surface area (Å²) in [7, 11) is 3.20. The van der Waals surface area contributed by atoms with Crippen molar-refractivity contribution in [2.24, 2.45) is 5.73 Å². The number of aromatic amines is 1. The van der Waals surface area contributed by atoms with E-state index in [0.29, 0.717) is 22.1 Å². The van der Waals surface area contributed by atoms with Crippen molar-refractivity contribution >= 4 is 12.2 Å². The number of methoxy groups -OCH3 is 2. The summed E-state index contributed by atoms with van der Waals surface area (Å²) in [4.78, 5) is 0. The lowest BCUT2D eigenvalue weighted by Crippen LogP contribution is -2.08. The molecule has 0 aliphatic rings. The second kappa shape index (κ2) is 5.19. The Kier molecular flexibility index (Phi) is 3.63. The summed E-state index contributed by atoms with van der Waals surface area (Å²) in [5.41, 5.74) is 6.39. The van der Waals surface area contributed by atoms with Gasteiger partial charge < -0.3 is 15.2 Å². The minimum absolute atomic E-state index is 0.271. The van der Waals surface area contributed by atoms with E-state index in [1.807, 2.05) is 18.2 Å². The molecule has 0 spiro atoms. The van der Waals surface area contributed by atoms with Crippen LogP contribution in [-0.4, -0.2) is 29.0 Å². The summed E-state index contributed by atoms with van der Waals surface area (Å²) in [6.07, 6.45) is 0. The molecule has 18 heavy (non-hydrogen) atoms. The first-order valence-electron chi connectivity index (χ1n) is 5.30. The Morgan fingerprint density at radius 1 is 1.39 bits per heavy atom. The van der Waals surface area contributed by atoms with Crippen molar-refractivity contribution in [3.8, 4) is 17.2 Å². The summed E-state index contributed by atoms with van der Waals surface area (Å²) in [5.74, 6) is 2.01. The van der Waals surface area contributed by atoms with Crippen LogP contribution in [-0.2, 0) is 6.54 Å². The van der Waals surface area contributed by atoms with Gasteiger partial charge in [0.05, 0.1) is 26.5 Å². The molecule has 96 valence electrons. The maximum atomic E-state index is 5.64. The molecule has 3 N–H and O–H groups in total. The van der Waals surface area contributed by atoms with Crippen molar-refractivity contribution in [2.45, 2.75) is 6.54 Å². The Hall–Kier alpha value is -1.86. The summed E-state index contributed by atoms with van der Waals surface area (Å²) in [6.45, 7) is 0.271. The van der Waals surface area contributed by atoms with Crippen molar-refractivity contribution in [2.75, 3.05) is 14.2 Å². The molecule has 1 heterocycles. The fraction of sp³-hybridized carbons (Fsp3) is 0.273. The van der Waals surface area contributed by atoms with Crippen LogP contribution in [0.2, 0.25) is 0 Å². The Balaban J connectivity index is 2.68. The topological polar surface area (TPSA) is 78.1 Å². The zero-order valence-corrected chi connectivity index (χ0v) is 11.0. The normalized spacial score (nSPS) is 10.4. The van der Waals surface area contributed by atoms with E-state index in [9.17, 15) is 0 Å². The van der Waals surface area contributed by atoms with E-state index in [2.05, 4.69) is 10.2 Å². The summed E-state index contributed by atoms with van der Waals surface area (Å²) >= 11 is 5.20. The Labute approximate surface area is 109 Å². The number of hydrogen-bond donors (Lipinski definition) is 2. The summed E-state index contributed by atoms with van der Waals surface area (Å²) in [6, 6.07) is 5.45. The number of H-pyrrole nitrogens is 1. The molecule has 0 atom stereocenters. The van der Waals surface area contributed by atoms with E-state index in [1.54, 1.807) is 18.8 Å². The Morgan fingerprint density at radius 2 is 2.17 bits per heavy atom. The number of ether oxygens (including phenoxy) is 2. The standard InChI is InChI=1S/C11H14N4O2S/c1-16-7-3-4-9(17-2)8(5-7)15-10(6-12)13-14-11(15)18/h3-5H,6,12H2,1-2H3,(H,14,18). The highest BCUT2D eigenvalue weighted by Crippen LogP contribution is 2.28. The largest absolute Gasteiger partial charge is 0.497 e. The van der Waals surface area contributed by atoms with Crippen LogP contribution in [0.5, 0.6) is 11.5 Å². The third kappa shape index (κ3) is 2.09. The number of aromatic nitrogens is 3. The second-order valence-electron chi connectivity index (χ2n) is 3.52. The predicted molar refractivity (Wildman–Crippen MR) is 69.7 cm³/mol. The molecule has 0 aliphatic heterocycles. The number of rotatable bonds is 4. The van der Waals surface area contributed by atoms with Gasteiger partial charge in [-0.1, -0.05) is 0 Å². The molecule has 0 radical (unpaired) electrons. The van der Waals surface area contributed by atoms with Crippen LogP contribution in [0.25, 0.3) is 5.69 Å². The zero-order valence-electron chi connectivity index (χ0n) is 10.1. The molecule has 2 aromatic rings. The molecule has 0 bridgehead atoms. The number of benzene rings is 1. The minimum atomic E-state index is 0.271. The molecule has 6 nitrogen and oxygen atoms in total. The lowest BCUT2D eigenvalue weighted by atomic mass is 10.2. The van der Waals surface area contributed by atoms with Gasteiger partial charge in [-0.3, -0.25) is 9.67 Å². The van der Waals surface area contributed by atoms with Crippen LogP contribution >= 0.6 is 12.2 Å². The molecule has 7 heteroatoms. The fourth-order valence-electron chi connectivity index (χ4n) is 1.69. The summed E-state index contributed by atoms with van der Waals surface area (Å²) < 4.78 is 12.7. The van der Waals surface area contributed by atoms with Gasteiger partial charge >= 0.3 is 0 Å². The lowest BCUT2D eigenvalue weighted by molar-refractivity contribution is 0.401. The molecule has 1 aromatic carbocycles. The molecular formula is C11H14N4O2S. The molecule has 0 aliphatic carbocycles. The average Bonchev–Trinajstić information content (AvgIpc) is 2.78. The van der Waals surface area contributed by atoms with Crippen molar-refractivity contribution in [1.82, 2.24) is 14.8 Å². The molecule has 2 rings (SSSR count). The number of hydrogen-bond acceptors (Lipinski definition) is 5. The number of nitrogens with two attached hydrogens (primary N) is 1. The maximum absolute atomic E-state index is 5.64. The molecule has 0 saturated carbocycles. The highest BCUT2D eigenvalue weighted by Gasteiger charge is 2.12.